The molecule has 0 aliphatic rings. The van der Waals surface area contributed by atoms with Crippen LogP contribution in [0.1, 0.15) is 239 Å². The summed E-state index contributed by atoms with van der Waals surface area (Å²) in [5.74, 6) is 0. The van der Waals surface area contributed by atoms with E-state index in [1.54, 1.807) is 0 Å². The maximum Gasteiger partial charge on any atom is -0.00489 e. The zero-order valence-electron chi connectivity index (χ0n) is 30.2. The lowest BCUT2D eigenvalue weighted by Gasteiger charge is -2.06. The number of unbranched alkanes of at least 4 members (excludes halogenated alkanes) is 31. The Hall–Kier alpha value is -0.0800. The Bertz CT molecular complexity index is 374. The maximum absolute atomic E-state index is 5.14. The molecule has 0 aliphatic heterocycles. The summed E-state index contributed by atoms with van der Waals surface area (Å²) < 4.78 is 0. The second-order valence-corrected chi connectivity index (χ2v) is 13.5. The molecule has 0 saturated carbocycles. The fraction of sp³-hybridized carbons (Fsp3) is 1.00. The van der Waals surface area contributed by atoms with Crippen LogP contribution in [-0.4, -0.2) is 19.6 Å². The monoisotopic (exact) mass is 595 g/mol. The van der Waals surface area contributed by atoms with E-state index in [1.807, 2.05) is 0 Å². The minimum atomic E-state index is 0.844. The lowest BCUT2D eigenvalue weighted by atomic mass is 10.0. The number of hydrogen-bond donors (Lipinski definition) is 2. The van der Waals surface area contributed by atoms with E-state index in [4.69, 9.17) is 5.73 Å². The van der Waals surface area contributed by atoms with Gasteiger partial charge in [0.25, 0.3) is 0 Å². The smallest absolute Gasteiger partial charge is 0.00489 e. The van der Waals surface area contributed by atoms with Crippen LogP contribution in [0.4, 0.5) is 0 Å². The topological polar surface area (TPSA) is 38.0 Å². The van der Waals surface area contributed by atoms with Crippen molar-refractivity contribution in [3.8, 4) is 0 Å². The normalized spacial score (nSPS) is 11.1. The molecule has 0 spiro atoms. The van der Waals surface area contributed by atoms with Gasteiger partial charge in [-0.1, -0.05) is 220 Å². The third-order valence-electron chi connectivity index (χ3n) is 8.97. The first-order valence-electron chi connectivity index (χ1n) is 20.2. The second-order valence-electron chi connectivity index (χ2n) is 13.5. The minimum Gasteiger partial charge on any atom is -0.330 e. The highest BCUT2D eigenvalue weighted by atomic mass is 14.8. The van der Waals surface area contributed by atoms with E-state index >= 15 is 0 Å². The number of nitrogens with one attached hydrogen (secondary N) is 1. The van der Waals surface area contributed by atoms with Gasteiger partial charge in [0.1, 0.15) is 0 Å². The summed E-state index contributed by atoms with van der Waals surface area (Å²) in [6, 6.07) is 0. The van der Waals surface area contributed by atoms with Crippen molar-refractivity contribution in [2.24, 2.45) is 5.73 Å². The summed E-state index contributed by atoms with van der Waals surface area (Å²) in [4.78, 5) is 0. The molecular weight excluding hydrogens is 508 g/mol. The van der Waals surface area contributed by atoms with Crippen LogP contribution >= 0.6 is 0 Å². The molecule has 0 saturated heterocycles. The first kappa shape index (κ1) is 44.0. The maximum atomic E-state index is 5.14. The Morgan fingerprint density at radius 1 is 0.262 bits per heavy atom. The van der Waals surface area contributed by atoms with Crippen LogP contribution in [0.25, 0.3) is 0 Å². The molecule has 0 rings (SSSR count). The molecule has 2 heteroatoms. The van der Waals surface area contributed by atoms with Crippen molar-refractivity contribution in [3.63, 3.8) is 0 Å². The van der Waals surface area contributed by atoms with Crippen LogP contribution in [0.15, 0.2) is 0 Å². The largest absolute Gasteiger partial charge is 0.330 e. The second kappa shape index (κ2) is 45.4. The summed E-state index contributed by atoms with van der Waals surface area (Å²) in [7, 11) is 0. The van der Waals surface area contributed by atoms with Crippen molar-refractivity contribution in [1.29, 1.82) is 0 Å². The van der Waals surface area contributed by atoms with Gasteiger partial charge in [-0.3, -0.25) is 0 Å². The fourth-order valence-electron chi connectivity index (χ4n) is 5.93. The van der Waals surface area contributed by atoms with Crippen LogP contribution < -0.4 is 11.1 Å². The molecule has 0 heterocycles. The molecule has 0 radical (unpaired) electrons. The van der Waals surface area contributed by atoms with Crippen LogP contribution in [0.2, 0.25) is 0 Å². The zero-order valence-corrected chi connectivity index (χ0v) is 30.2. The minimum absolute atomic E-state index is 0.844. The molecule has 256 valence electrons. The Morgan fingerprint density at radius 2 is 0.452 bits per heavy atom. The van der Waals surface area contributed by atoms with E-state index in [1.165, 1.54) is 231 Å². The average Bonchev–Trinajstić information content (AvgIpc) is 3.00. The van der Waals surface area contributed by atoms with Gasteiger partial charge in [-0.2, -0.15) is 0 Å². The van der Waals surface area contributed by atoms with Gasteiger partial charge in [0, 0.05) is 0 Å². The van der Waals surface area contributed by atoms with Crippen molar-refractivity contribution in [3.05, 3.63) is 0 Å². The summed E-state index contributed by atoms with van der Waals surface area (Å²) >= 11 is 0. The Kier molecular flexibility index (Phi) is 47.6. The van der Waals surface area contributed by atoms with Crippen molar-refractivity contribution in [1.82, 2.24) is 5.32 Å². The first-order valence-corrected chi connectivity index (χ1v) is 20.2. The molecule has 0 aromatic heterocycles. The van der Waals surface area contributed by atoms with Gasteiger partial charge in [-0.15, -0.1) is 0 Å². The summed E-state index contributed by atoms with van der Waals surface area (Å²) in [6.07, 6.45) is 49.1. The van der Waals surface area contributed by atoms with Crippen LogP contribution in [0.3, 0.4) is 0 Å². The third-order valence-corrected chi connectivity index (χ3v) is 8.97. The Morgan fingerprint density at radius 3 is 0.619 bits per heavy atom. The van der Waals surface area contributed by atoms with Crippen LogP contribution in [-0.2, 0) is 0 Å². The Balaban J connectivity index is 0. The quantitative estimate of drug-likeness (QED) is 0.0708. The van der Waals surface area contributed by atoms with Gasteiger partial charge in [0.15, 0.2) is 0 Å². The van der Waals surface area contributed by atoms with Crippen LogP contribution in [0, 0.1) is 0 Å². The highest BCUT2D eigenvalue weighted by Gasteiger charge is 1.97. The molecule has 3 N–H and O–H groups in total. The Labute approximate surface area is 269 Å². The molecular formula is C40H86N2. The molecule has 0 aromatic rings. The zero-order chi connectivity index (χ0) is 30.9. The van der Waals surface area contributed by atoms with Crippen molar-refractivity contribution >= 4 is 0 Å². The molecule has 0 unspecified atom stereocenters. The van der Waals surface area contributed by atoms with E-state index in [2.05, 4.69) is 26.1 Å². The van der Waals surface area contributed by atoms with Crippen LogP contribution in [0.5, 0.6) is 0 Å². The van der Waals surface area contributed by atoms with Gasteiger partial charge in [0.05, 0.1) is 0 Å². The van der Waals surface area contributed by atoms with E-state index < -0.39 is 0 Å². The molecule has 0 amide bonds. The van der Waals surface area contributed by atoms with Gasteiger partial charge in [0.2, 0.25) is 0 Å². The number of hydrogen-bond acceptors (Lipinski definition) is 2. The molecule has 0 fully saturated rings. The standard InChI is InChI=1S/C36H75N.C4H11N/c1-3-5-7-9-11-13-15-17-19-21-23-25-27-29-31-33-35-37-36-34-32-30-28-26-24-22-20-18-16-14-12-10-8-6-4-2;1-2-3-4-5/h37H,3-36H2,1-2H3;2-5H2,1H3. The molecule has 0 atom stereocenters. The number of nitrogens with two attached hydrogens (primary N) is 1. The SMILES string of the molecule is CCCCCCCCCCCCCCCCCCNCCCCCCCCCCCCCCCCCC.CCCCN. The fourth-order valence-corrected chi connectivity index (χ4v) is 5.93. The molecule has 2 nitrogen and oxygen atoms in total. The van der Waals surface area contributed by atoms with E-state index in [9.17, 15) is 0 Å². The lowest BCUT2D eigenvalue weighted by Crippen LogP contribution is -2.16. The summed E-state index contributed by atoms with van der Waals surface area (Å²) in [5, 5.41) is 3.68. The van der Waals surface area contributed by atoms with Crippen molar-refractivity contribution in [2.75, 3.05) is 19.6 Å². The molecule has 42 heavy (non-hydrogen) atoms. The third kappa shape index (κ3) is 46.9. The summed E-state index contributed by atoms with van der Waals surface area (Å²) in [5.41, 5.74) is 5.14. The van der Waals surface area contributed by atoms with E-state index in [0.717, 1.165) is 6.54 Å². The molecule has 0 aliphatic carbocycles. The van der Waals surface area contributed by atoms with Gasteiger partial charge < -0.3 is 11.1 Å². The predicted octanol–water partition coefficient (Wildman–Crippen LogP) is 13.8. The van der Waals surface area contributed by atoms with Gasteiger partial charge >= 0.3 is 0 Å². The molecule has 0 bridgehead atoms. The van der Waals surface area contributed by atoms with Gasteiger partial charge in [-0.05, 0) is 38.9 Å². The highest BCUT2D eigenvalue weighted by Crippen LogP contribution is 2.15. The molecule has 0 aromatic carbocycles. The van der Waals surface area contributed by atoms with Crippen molar-refractivity contribution in [2.45, 2.75) is 239 Å². The van der Waals surface area contributed by atoms with Gasteiger partial charge in [-0.25, -0.2) is 0 Å². The van der Waals surface area contributed by atoms with E-state index in [0.29, 0.717) is 0 Å². The highest BCUT2D eigenvalue weighted by molar-refractivity contribution is 4.54. The summed E-state index contributed by atoms with van der Waals surface area (Å²) in [6.45, 7) is 10.1. The predicted molar refractivity (Wildman–Crippen MR) is 196 cm³/mol. The lowest BCUT2D eigenvalue weighted by molar-refractivity contribution is 0.515. The first-order chi connectivity index (χ1) is 20.8. The van der Waals surface area contributed by atoms with Crippen molar-refractivity contribution < 1.29 is 0 Å². The van der Waals surface area contributed by atoms with E-state index in [-0.39, 0.29) is 0 Å². The number of rotatable bonds is 36. The average molecular weight is 595 g/mol.